The van der Waals surface area contributed by atoms with E-state index < -0.39 is 4.92 Å². The van der Waals surface area contributed by atoms with Crippen LogP contribution in [0.2, 0.25) is 5.28 Å². The number of hydrogen-bond donors (Lipinski definition) is 0. The smallest absolute Gasteiger partial charge is 0.329 e. The maximum absolute atomic E-state index is 10.9. The maximum Gasteiger partial charge on any atom is 0.329 e. The van der Waals surface area contributed by atoms with Crippen LogP contribution >= 0.6 is 11.6 Å². The molecule has 0 aliphatic carbocycles. The van der Waals surface area contributed by atoms with E-state index in [1.54, 1.807) is 12.0 Å². The molecule has 0 spiro atoms. The molecule has 1 heterocycles. The molecule has 0 unspecified atom stereocenters. The molecule has 94 valence electrons. The van der Waals surface area contributed by atoms with Gasteiger partial charge in [-0.3, -0.25) is 10.1 Å². The Labute approximate surface area is 104 Å². The highest BCUT2D eigenvalue weighted by Gasteiger charge is 2.21. The van der Waals surface area contributed by atoms with Crippen LogP contribution in [0.3, 0.4) is 0 Å². The number of rotatable bonds is 6. The molecule has 8 heteroatoms. The normalized spacial score (nSPS) is 10.3. The molecular weight excluding hydrogens is 248 g/mol. The summed E-state index contributed by atoms with van der Waals surface area (Å²) in [6.07, 6.45) is 1.11. The van der Waals surface area contributed by atoms with Crippen molar-refractivity contribution in [1.82, 2.24) is 9.97 Å². The fourth-order valence-corrected chi connectivity index (χ4v) is 1.45. The Morgan fingerprint density at radius 1 is 1.65 bits per heavy atom. The summed E-state index contributed by atoms with van der Waals surface area (Å²) in [7, 11) is 1.56. The van der Waals surface area contributed by atoms with Crippen molar-refractivity contribution in [3.63, 3.8) is 0 Å². The minimum absolute atomic E-state index is 0.0125. The van der Waals surface area contributed by atoms with Crippen molar-refractivity contribution in [3.05, 3.63) is 21.6 Å². The zero-order valence-corrected chi connectivity index (χ0v) is 10.3. The van der Waals surface area contributed by atoms with E-state index in [0.717, 1.165) is 6.20 Å². The van der Waals surface area contributed by atoms with E-state index in [0.29, 0.717) is 19.7 Å². The lowest BCUT2D eigenvalue weighted by atomic mass is 10.4. The van der Waals surface area contributed by atoms with Gasteiger partial charge in [0.2, 0.25) is 11.1 Å². The highest BCUT2D eigenvalue weighted by atomic mass is 35.5. The van der Waals surface area contributed by atoms with Crippen LogP contribution in [0.15, 0.2) is 6.20 Å². The van der Waals surface area contributed by atoms with Crippen molar-refractivity contribution >= 4 is 23.1 Å². The summed E-state index contributed by atoms with van der Waals surface area (Å²) in [6, 6.07) is 0. The summed E-state index contributed by atoms with van der Waals surface area (Å²) >= 11 is 5.65. The third-order valence-electron chi connectivity index (χ3n) is 2.16. The molecule has 0 N–H and O–H groups in total. The molecule has 0 aliphatic rings. The van der Waals surface area contributed by atoms with Crippen molar-refractivity contribution in [2.24, 2.45) is 0 Å². The van der Waals surface area contributed by atoms with Gasteiger partial charge >= 0.3 is 5.69 Å². The first-order valence-corrected chi connectivity index (χ1v) is 5.38. The molecule has 0 saturated heterocycles. The van der Waals surface area contributed by atoms with Crippen molar-refractivity contribution in [2.45, 2.75) is 6.92 Å². The first-order valence-electron chi connectivity index (χ1n) is 5.01. The van der Waals surface area contributed by atoms with E-state index in [1.807, 2.05) is 6.92 Å². The highest BCUT2D eigenvalue weighted by Crippen LogP contribution is 2.25. The number of anilines is 1. The van der Waals surface area contributed by atoms with E-state index in [1.165, 1.54) is 0 Å². The van der Waals surface area contributed by atoms with Crippen molar-refractivity contribution in [2.75, 3.05) is 31.7 Å². The SMILES string of the molecule is CCN(CCOC)c1nc(Cl)ncc1[N+](=O)[O-]. The zero-order valence-electron chi connectivity index (χ0n) is 9.59. The van der Waals surface area contributed by atoms with Gasteiger partial charge in [0.1, 0.15) is 6.20 Å². The standard InChI is InChI=1S/C9H13ClN4O3/c1-3-13(4-5-17-2)8-7(14(15)16)6-11-9(10)12-8/h6H,3-5H2,1-2H3. The van der Waals surface area contributed by atoms with E-state index >= 15 is 0 Å². The first kappa shape index (κ1) is 13.6. The zero-order chi connectivity index (χ0) is 12.8. The highest BCUT2D eigenvalue weighted by molar-refractivity contribution is 6.28. The molecule has 0 aliphatic heterocycles. The van der Waals surface area contributed by atoms with Gasteiger partial charge in [0.25, 0.3) is 0 Å². The summed E-state index contributed by atoms with van der Waals surface area (Å²) in [5, 5.41) is 10.8. The average Bonchev–Trinajstić information content (AvgIpc) is 2.29. The summed E-state index contributed by atoms with van der Waals surface area (Å²) in [5.74, 6) is 0.217. The Hall–Kier alpha value is -1.47. The first-order chi connectivity index (χ1) is 8.10. The van der Waals surface area contributed by atoms with Crippen LogP contribution in [0.1, 0.15) is 6.92 Å². The molecule has 17 heavy (non-hydrogen) atoms. The summed E-state index contributed by atoms with van der Waals surface area (Å²) in [5.41, 5.74) is -0.160. The number of methoxy groups -OCH3 is 1. The van der Waals surface area contributed by atoms with Gasteiger partial charge in [-0.25, -0.2) is 4.98 Å². The summed E-state index contributed by atoms with van der Waals surface area (Å²) in [4.78, 5) is 19.6. The summed E-state index contributed by atoms with van der Waals surface area (Å²) in [6.45, 7) is 3.39. The van der Waals surface area contributed by atoms with Gasteiger partial charge in [0.05, 0.1) is 11.5 Å². The summed E-state index contributed by atoms with van der Waals surface area (Å²) < 4.78 is 4.94. The van der Waals surface area contributed by atoms with Crippen LogP contribution < -0.4 is 4.90 Å². The topological polar surface area (TPSA) is 81.4 Å². The van der Waals surface area contributed by atoms with Crippen molar-refractivity contribution < 1.29 is 9.66 Å². The van der Waals surface area contributed by atoms with Crippen molar-refractivity contribution in [3.8, 4) is 0 Å². The third-order valence-corrected chi connectivity index (χ3v) is 2.35. The lowest BCUT2D eigenvalue weighted by molar-refractivity contribution is -0.384. The number of aromatic nitrogens is 2. The van der Waals surface area contributed by atoms with Gasteiger partial charge in [-0.15, -0.1) is 0 Å². The van der Waals surface area contributed by atoms with Crippen LogP contribution in [0.5, 0.6) is 0 Å². The van der Waals surface area contributed by atoms with Crippen LogP contribution in [0.4, 0.5) is 11.5 Å². The van der Waals surface area contributed by atoms with Crippen LogP contribution in [-0.2, 0) is 4.74 Å². The molecule has 0 radical (unpaired) electrons. The Morgan fingerprint density at radius 3 is 2.88 bits per heavy atom. The number of hydrogen-bond acceptors (Lipinski definition) is 6. The van der Waals surface area contributed by atoms with Gasteiger partial charge in [0.15, 0.2) is 0 Å². The molecule has 0 saturated carbocycles. The predicted octanol–water partition coefficient (Wildman–Crippen LogP) is 1.51. The van der Waals surface area contributed by atoms with E-state index in [2.05, 4.69) is 9.97 Å². The number of ether oxygens (including phenoxy) is 1. The minimum atomic E-state index is -0.527. The molecule has 0 aromatic carbocycles. The Morgan fingerprint density at radius 2 is 2.35 bits per heavy atom. The minimum Gasteiger partial charge on any atom is -0.383 e. The lowest BCUT2D eigenvalue weighted by Crippen LogP contribution is -2.28. The van der Waals surface area contributed by atoms with Gasteiger partial charge in [0, 0.05) is 20.2 Å². The van der Waals surface area contributed by atoms with Gasteiger partial charge in [-0.1, -0.05) is 0 Å². The molecular formula is C9H13ClN4O3. The third kappa shape index (κ3) is 3.50. The van der Waals surface area contributed by atoms with Gasteiger partial charge < -0.3 is 9.64 Å². The molecule has 0 fully saturated rings. The molecule has 7 nitrogen and oxygen atoms in total. The van der Waals surface area contributed by atoms with Gasteiger partial charge in [-0.2, -0.15) is 4.98 Å². The average molecular weight is 261 g/mol. The van der Waals surface area contributed by atoms with Crippen LogP contribution in [0, 0.1) is 10.1 Å². The second-order valence-corrected chi connectivity index (χ2v) is 3.52. The monoisotopic (exact) mass is 260 g/mol. The molecule has 0 amide bonds. The largest absolute Gasteiger partial charge is 0.383 e. The predicted molar refractivity (Wildman–Crippen MR) is 63.5 cm³/mol. The maximum atomic E-state index is 10.9. The Kier molecular flexibility index (Phi) is 5.05. The number of nitrogens with zero attached hydrogens (tertiary/aromatic N) is 4. The molecule has 1 rings (SSSR count). The Bertz CT molecular complexity index is 402. The van der Waals surface area contributed by atoms with Crippen LogP contribution in [0.25, 0.3) is 0 Å². The van der Waals surface area contributed by atoms with E-state index in [4.69, 9.17) is 16.3 Å². The van der Waals surface area contributed by atoms with E-state index in [9.17, 15) is 10.1 Å². The number of halogens is 1. The second kappa shape index (κ2) is 6.31. The number of nitro groups is 1. The fourth-order valence-electron chi connectivity index (χ4n) is 1.32. The van der Waals surface area contributed by atoms with Crippen molar-refractivity contribution in [1.29, 1.82) is 0 Å². The quantitative estimate of drug-likeness (QED) is 0.438. The van der Waals surface area contributed by atoms with Gasteiger partial charge in [-0.05, 0) is 18.5 Å². The van der Waals surface area contributed by atoms with E-state index in [-0.39, 0.29) is 16.8 Å². The Balaban J connectivity index is 3.06. The fraction of sp³-hybridized carbons (Fsp3) is 0.556. The number of likely N-dealkylation sites (N-methyl/N-ethyl adjacent to an activating group) is 1. The lowest BCUT2D eigenvalue weighted by Gasteiger charge is -2.20. The van der Waals surface area contributed by atoms with Crippen LogP contribution in [-0.4, -0.2) is 41.7 Å². The molecule has 0 atom stereocenters. The molecule has 1 aromatic heterocycles. The second-order valence-electron chi connectivity index (χ2n) is 3.18. The molecule has 0 bridgehead atoms. The molecule has 1 aromatic rings.